The Balaban J connectivity index is 3.12. The minimum Gasteiger partial charge on any atom is -0.480 e. The molecule has 0 bridgehead atoms. The van der Waals surface area contributed by atoms with Crippen LogP contribution in [0.15, 0.2) is 23.1 Å². The predicted molar refractivity (Wildman–Crippen MR) is 81.5 cm³/mol. The van der Waals surface area contributed by atoms with Crippen LogP contribution in [-0.4, -0.2) is 39.2 Å². The minimum atomic E-state index is -4.25. The summed E-state index contributed by atoms with van der Waals surface area (Å²) >= 11 is 0. The molecule has 0 heterocycles. The minimum absolute atomic E-state index is 0.399. The van der Waals surface area contributed by atoms with Crippen molar-refractivity contribution in [2.75, 3.05) is 4.72 Å². The maximum Gasteiger partial charge on any atom is 0.321 e. The summed E-state index contributed by atoms with van der Waals surface area (Å²) in [5.41, 5.74) is -0.399. The predicted octanol–water partition coefficient (Wildman–Crippen LogP) is 0.727. The van der Waals surface area contributed by atoms with Crippen LogP contribution in [-0.2, 0) is 24.8 Å². The molecule has 1 aromatic rings. The lowest BCUT2D eigenvalue weighted by molar-refractivity contribution is -0.138. The van der Waals surface area contributed by atoms with E-state index in [4.69, 9.17) is 5.11 Å². The lowest BCUT2D eigenvalue weighted by Gasteiger charge is -2.13. The van der Waals surface area contributed by atoms with E-state index < -0.39 is 53.7 Å². The maximum absolute atomic E-state index is 13.9. The average Bonchev–Trinajstić information content (AvgIpc) is 2.39. The fourth-order valence-corrected chi connectivity index (χ4v) is 3.28. The summed E-state index contributed by atoms with van der Waals surface area (Å²) < 4.78 is 65.0. The van der Waals surface area contributed by atoms with E-state index in [0.717, 1.165) is 19.1 Å². The Labute approximate surface area is 133 Å². The van der Waals surface area contributed by atoms with Crippen LogP contribution in [0.4, 0.5) is 10.1 Å². The van der Waals surface area contributed by atoms with Crippen LogP contribution >= 0.6 is 0 Å². The van der Waals surface area contributed by atoms with Gasteiger partial charge in [-0.3, -0.25) is 9.52 Å². The van der Waals surface area contributed by atoms with E-state index in [-0.39, 0.29) is 0 Å². The molecule has 3 N–H and O–H groups in total. The van der Waals surface area contributed by atoms with Crippen LogP contribution in [0.25, 0.3) is 0 Å². The van der Waals surface area contributed by atoms with Crippen molar-refractivity contribution in [3.05, 3.63) is 24.0 Å². The van der Waals surface area contributed by atoms with Crippen LogP contribution in [0, 0.1) is 5.82 Å². The van der Waals surface area contributed by atoms with Crippen molar-refractivity contribution in [2.45, 2.75) is 37.0 Å². The topological polar surface area (TPSA) is 130 Å². The van der Waals surface area contributed by atoms with E-state index >= 15 is 0 Å². The van der Waals surface area contributed by atoms with Gasteiger partial charge in [-0.1, -0.05) is 0 Å². The second-order valence-electron chi connectivity index (χ2n) is 5.02. The number of aliphatic carboxylic acids is 1. The van der Waals surface area contributed by atoms with E-state index in [2.05, 4.69) is 0 Å². The summed E-state index contributed by atoms with van der Waals surface area (Å²) in [6.45, 7) is 3.91. The Kier molecular flexibility index (Phi) is 5.72. The molecule has 0 fully saturated rings. The first-order chi connectivity index (χ1) is 10.4. The smallest absolute Gasteiger partial charge is 0.321 e. The van der Waals surface area contributed by atoms with Crippen LogP contribution in [0.3, 0.4) is 0 Å². The molecule has 0 aliphatic rings. The second-order valence-corrected chi connectivity index (χ2v) is 8.97. The zero-order valence-electron chi connectivity index (χ0n) is 12.6. The number of nitrogens with one attached hydrogen (secondary N) is 2. The van der Waals surface area contributed by atoms with E-state index in [1.807, 2.05) is 9.44 Å². The van der Waals surface area contributed by atoms with E-state index in [0.29, 0.717) is 6.07 Å². The molecule has 1 aromatic carbocycles. The number of hydrogen-bond donors (Lipinski definition) is 3. The normalized spacial score (nSPS) is 13.8. The first-order valence-electron chi connectivity index (χ1n) is 6.43. The van der Waals surface area contributed by atoms with Gasteiger partial charge in [0.05, 0.1) is 15.8 Å². The highest BCUT2D eigenvalue weighted by Crippen LogP contribution is 2.21. The Hall–Kier alpha value is -1.72. The van der Waals surface area contributed by atoms with Crippen molar-refractivity contribution < 1.29 is 31.1 Å². The van der Waals surface area contributed by atoms with Gasteiger partial charge < -0.3 is 5.11 Å². The molecule has 1 rings (SSSR count). The molecule has 130 valence electrons. The van der Waals surface area contributed by atoms with Gasteiger partial charge in [-0.25, -0.2) is 21.2 Å². The summed E-state index contributed by atoms with van der Waals surface area (Å²) in [4.78, 5) is 10.2. The Morgan fingerprint density at radius 3 is 2.17 bits per heavy atom. The third-order valence-corrected chi connectivity index (χ3v) is 6.11. The zero-order chi connectivity index (χ0) is 18.0. The number of anilines is 1. The van der Waals surface area contributed by atoms with Gasteiger partial charge in [0.25, 0.3) is 0 Å². The quantitative estimate of drug-likeness (QED) is 0.650. The van der Waals surface area contributed by atoms with Crippen molar-refractivity contribution in [1.29, 1.82) is 0 Å². The average molecular weight is 368 g/mol. The van der Waals surface area contributed by atoms with E-state index in [1.165, 1.54) is 13.8 Å². The molecule has 1 unspecified atom stereocenters. The fraction of sp³-hybridized carbons (Fsp3) is 0.417. The highest BCUT2D eigenvalue weighted by molar-refractivity contribution is 7.93. The molecular formula is C12H17FN2O6S2. The molecule has 23 heavy (non-hydrogen) atoms. The molecule has 0 aliphatic heterocycles. The number of carboxylic acid groups (broad SMARTS) is 1. The van der Waals surface area contributed by atoms with Gasteiger partial charge in [0.1, 0.15) is 11.9 Å². The summed E-state index contributed by atoms with van der Waals surface area (Å²) in [5.74, 6) is -2.49. The van der Waals surface area contributed by atoms with Gasteiger partial charge in [0.15, 0.2) is 0 Å². The lowest BCUT2D eigenvalue weighted by atomic mass is 10.3. The zero-order valence-corrected chi connectivity index (χ0v) is 14.2. The first-order valence-corrected chi connectivity index (χ1v) is 9.46. The summed E-state index contributed by atoms with van der Waals surface area (Å²) in [7, 11) is -8.04. The fourth-order valence-electron chi connectivity index (χ4n) is 1.37. The van der Waals surface area contributed by atoms with Crippen molar-refractivity contribution >= 4 is 31.7 Å². The van der Waals surface area contributed by atoms with Crippen LogP contribution < -0.4 is 9.44 Å². The highest BCUT2D eigenvalue weighted by atomic mass is 32.2. The lowest BCUT2D eigenvalue weighted by Crippen LogP contribution is -2.38. The summed E-state index contributed by atoms with van der Waals surface area (Å²) in [5, 5.41) is 7.89. The van der Waals surface area contributed by atoms with Crippen molar-refractivity contribution in [3.8, 4) is 0 Å². The molecule has 0 amide bonds. The molecule has 0 saturated carbocycles. The van der Waals surface area contributed by atoms with Crippen molar-refractivity contribution in [2.24, 2.45) is 0 Å². The van der Waals surface area contributed by atoms with Gasteiger partial charge in [-0.2, -0.15) is 4.72 Å². The SMILES string of the molecule is CC(NS(=O)(=O)c1ccc(NS(=O)(=O)C(C)C)c(F)c1)C(=O)O. The van der Waals surface area contributed by atoms with Crippen molar-refractivity contribution in [1.82, 2.24) is 4.72 Å². The Morgan fingerprint density at radius 2 is 1.74 bits per heavy atom. The molecule has 0 spiro atoms. The monoisotopic (exact) mass is 368 g/mol. The number of rotatable bonds is 7. The first kappa shape index (κ1) is 19.3. The van der Waals surface area contributed by atoms with Crippen LogP contribution in [0.2, 0.25) is 0 Å². The molecule has 8 nitrogen and oxygen atoms in total. The maximum atomic E-state index is 13.9. The molecule has 11 heteroatoms. The number of carboxylic acids is 1. The molecule has 0 aliphatic carbocycles. The Bertz CT molecular complexity index is 805. The molecular weight excluding hydrogens is 351 g/mol. The molecule has 0 saturated heterocycles. The third-order valence-electron chi connectivity index (χ3n) is 2.83. The Morgan fingerprint density at radius 1 is 1.17 bits per heavy atom. The van der Waals surface area contributed by atoms with Gasteiger partial charge in [0.2, 0.25) is 20.0 Å². The van der Waals surface area contributed by atoms with E-state index in [1.54, 1.807) is 0 Å². The standard InChI is InChI=1S/C12H17FN2O6S2/c1-7(2)22(18,19)15-11-5-4-9(6-10(11)13)23(20,21)14-8(3)12(16)17/h4-8,14-15H,1-3H3,(H,16,17). The second kappa shape index (κ2) is 6.81. The molecule has 0 radical (unpaired) electrons. The van der Waals surface area contributed by atoms with Crippen LogP contribution in [0.1, 0.15) is 20.8 Å². The number of benzene rings is 1. The number of carbonyl (C=O) groups is 1. The summed E-state index contributed by atoms with van der Waals surface area (Å²) in [6, 6.07) is 1.13. The van der Waals surface area contributed by atoms with Gasteiger partial charge in [0, 0.05) is 0 Å². The van der Waals surface area contributed by atoms with Crippen molar-refractivity contribution in [3.63, 3.8) is 0 Å². The van der Waals surface area contributed by atoms with Crippen LogP contribution in [0.5, 0.6) is 0 Å². The molecule has 1 atom stereocenters. The molecule has 0 aromatic heterocycles. The number of halogens is 1. The highest BCUT2D eigenvalue weighted by Gasteiger charge is 2.23. The van der Waals surface area contributed by atoms with Gasteiger partial charge >= 0.3 is 5.97 Å². The van der Waals surface area contributed by atoms with Gasteiger partial charge in [-0.15, -0.1) is 0 Å². The summed E-state index contributed by atoms with van der Waals surface area (Å²) in [6.07, 6.45) is 0. The number of hydrogen-bond acceptors (Lipinski definition) is 5. The third kappa shape index (κ3) is 4.88. The largest absolute Gasteiger partial charge is 0.480 e. The van der Waals surface area contributed by atoms with E-state index in [9.17, 15) is 26.0 Å². The van der Waals surface area contributed by atoms with Gasteiger partial charge in [-0.05, 0) is 39.0 Å². The number of sulfonamides is 2.